The van der Waals surface area contributed by atoms with Crippen LogP contribution >= 0.6 is 0 Å². The molecule has 0 bridgehead atoms. The van der Waals surface area contributed by atoms with E-state index in [1.54, 1.807) is 11.0 Å². The summed E-state index contributed by atoms with van der Waals surface area (Å²) in [6.07, 6.45) is 1.77. The van der Waals surface area contributed by atoms with Gasteiger partial charge < -0.3 is 19.3 Å². The first kappa shape index (κ1) is 26.0. The molecule has 11 nitrogen and oxygen atoms in total. The number of amides is 2. The summed E-state index contributed by atoms with van der Waals surface area (Å²) in [6, 6.07) is 2.05. The summed E-state index contributed by atoms with van der Waals surface area (Å²) in [5.74, 6) is 0.458. The number of ether oxygens (including phenoxy) is 2. The second-order valence-electron chi connectivity index (χ2n) is 9.84. The van der Waals surface area contributed by atoms with Crippen LogP contribution in [0.25, 0.3) is 0 Å². The van der Waals surface area contributed by atoms with Crippen molar-refractivity contribution in [2.45, 2.75) is 58.3 Å². The highest BCUT2D eigenvalue weighted by Crippen LogP contribution is 2.25. The Morgan fingerprint density at radius 2 is 1.82 bits per heavy atom. The highest BCUT2D eigenvalue weighted by Gasteiger charge is 2.30. The molecule has 0 radical (unpaired) electrons. The normalized spacial score (nSPS) is 20.3. The van der Waals surface area contributed by atoms with E-state index >= 15 is 0 Å². The summed E-state index contributed by atoms with van der Waals surface area (Å²) in [6.45, 7) is 10.7. The molecule has 11 heteroatoms. The minimum absolute atomic E-state index is 0.00148. The first-order valence-corrected chi connectivity index (χ1v) is 11.8. The Kier molecular flexibility index (Phi) is 8.19. The van der Waals surface area contributed by atoms with E-state index in [9.17, 15) is 9.59 Å². The van der Waals surface area contributed by atoms with Crippen molar-refractivity contribution < 1.29 is 23.9 Å². The predicted molar refractivity (Wildman–Crippen MR) is 127 cm³/mol. The Morgan fingerprint density at radius 3 is 2.38 bits per heavy atom. The smallest absolute Gasteiger partial charge is 0.410 e. The van der Waals surface area contributed by atoms with Gasteiger partial charge in [-0.25, -0.2) is 14.8 Å². The van der Waals surface area contributed by atoms with Crippen molar-refractivity contribution in [2.75, 3.05) is 58.8 Å². The topological polar surface area (TPSA) is 101 Å². The maximum absolute atomic E-state index is 12.8. The molecule has 2 aliphatic heterocycles. The van der Waals surface area contributed by atoms with Gasteiger partial charge in [-0.2, -0.15) is 4.98 Å². The number of hydrogen-bond donors (Lipinski definition) is 0. The highest BCUT2D eigenvalue weighted by atomic mass is 16.7. The molecule has 1 aromatic heterocycles. The molecule has 0 N–H and O–H groups in total. The molecule has 2 amide bonds. The number of hydroxylamine groups is 2. The molecule has 190 valence electrons. The number of rotatable bonds is 6. The van der Waals surface area contributed by atoms with Gasteiger partial charge in [-0.3, -0.25) is 14.5 Å². The van der Waals surface area contributed by atoms with E-state index in [0.717, 1.165) is 24.4 Å². The monoisotopic (exact) mass is 478 g/mol. The fourth-order valence-electron chi connectivity index (χ4n) is 4.20. The number of anilines is 1. The van der Waals surface area contributed by atoms with Gasteiger partial charge >= 0.3 is 12.0 Å². The van der Waals surface area contributed by atoms with Crippen molar-refractivity contribution in [1.29, 1.82) is 0 Å². The van der Waals surface area contributed by atoms with Crippen molar-refractivity contribution in [3.63, 3.8) is 0 Å². The second kappa shape index (κ2) is 10.7. The molecule has 1 aromatic rings. The fraction of sp³-hybridized carbons (Fsp3) is 0.739. The summed E-state index contributed by atoms with van der Waals surface area (Å²) in [5, 5.41) is 1.08. The average Bonchev–Trinajstić information content (AvgIpc) is 3.22. The van der Waals surface area contributed by atoms with Crippen LogP contribution in [0.3, 0.4) is 0 Å². The lowest BCUT2D eigenvalue weighted by molar-refractivity contribution is -0.0764. The molecule has 2 saturated heterocycles. The number of aromatic nitrogens is 2. The maximum atomic E-state index is 12.8. The quantitative estimate of drug-likeness (QED) is 0.569. The highest BCUT2D eigenvalue weighted by molar-refractivity contribution is 5.90. The van der Waals surface area contributed by atoms with Crippen LogP contribution in [0.1, 0.15) is 51.2 Å². The number of likely N-dealkylation sites (N-methyl/N-ethyl adjacent to an activating group) is 1. The van der Waals surface area contributed by atoms with Gasteiger partial charge in [0.15, 0.2) is 0 Å². The Balaban J connectivity index is 1.77. The number of hydrogen-bond acceptors (Lipinski definition) is 9. The maximum Gasteiger partial charge on any atom is 0.410 e. The summed E-state index contributed by atoms with van der Waals surface area (Å²) < 4.78 is 11.7. The van der Waals surface area contributed by atoms with Crippen molar-refractivity contribution >= 4 is 17.8 Å². The van der Waals surface area contributed by atoms with Gasteiger partial charge in [0.1, 0.15) is 17.5 Å². The van der Waals surface area contributed by atoms with Gasteiger partial charge in [0.25, 0.3) is 0 Å². The molecule has 2 fully saturated rings. The standard InChI is InChI=1S/C23H38N6O5/c1-16(17-9-8-10-26(17)5)33-19-15-18(24-20(25-19)21(30)27(6)32-7)28-11-13-29(14-12-28)22(31)34-23(2,3)4/h15-17H,8-14H2,1-7H3/t16-,17-/m0/s1. The third kappa shape index (κ3) is 6.47. The lowest BCUT2D eigenvalue weighted by atomic mass is 10.1. The Hall–Kier alpha value is -2.66. The molecule has 0 aliphatic carbocycles. The molecule has 0 aromatic carbocycles. The number of likely N-dealkylation sites (tertiary alicyclic amines) is 1. The van der Waals surface area contributed by atoms with Crippen LogP contribution in [0.4, 0.5) is 10.6 Å². The van der Waals surface area contributed by atoms with Crippen LogP contribution < -0.4 is 9.64 Å². The predicted octanol–water partition coefficient (Wildman–Crippen LogP) is 2.03. The third-order valence-electron chi connectivity index (χ3n) is 6.12. The zero-order valence-corrected chi connectivity index (χ0v) is 21.4. The summed E-state index contributed by atoms with van der Waals surface area (Å²) in [5.41, 5.74) is -0.542. The molecule has 3 rings (SSSR count). The SMILES string of the molecule is CON(C)C(=O)c1nc(O[C@@H](C)[C@@H]2CCCN2C)cc(N2CCN(C(=O)OC(C)(C)C)CC2)n1. The Morgan fingerprint density at radius 1 is 1.15 bits per heavy atom. The van der Waals surface area contributed by atoms with Gasteiger partial charge in [0, 0.05) is 45.3 Å². The van der Waals surface area contributed by atoms with Crippen LogP contribution in [0.15, 0.2) is 6.07 Å². The van der Waals surface area contributed by atoms with Gasteiger partial charge in [-0.15, -0.1) is 0 Å². The van der Waals surface area contributed by atoms with E-state index in [-0.39, 0.29) is 24.1 Å². The van der Waals surface area contributed by atoms with Crippen LogP contribution in [0.5, 0.6) is 5.88 Å². The average molecular weight is 479 g/mol. The second-order valence-corrected chi connectivity index (χ2v) is 9.84. The summed E-state index contributed by atoms with van der Waals surface area (Å²) in [7, 11) is 5.01. The molecular weight excluding hydrogens is 440 g/mol. The Labute approximate surface area is 201 Å². The Bertz CT molecular complexity index is 868. The summed E-state index contributed by atoms with van der Waals surface area (Å²) >= 11 is 0. The zero-order valence-electron chi connectivity index (χ0n) is 21.4. The number of carbonyl (C=O) groups is 2. The molecule has 0 spiro atoms. The minimum Gasteiger partial charge on any atom is -0.473 e. The van der Waals surface area contributed by atoms with Gasteiger partial charge in [-0.1, -0.05) is 0 Å². The van der Waals surface area contributed by atoms with E-state index in [1.807, 2.05) is 32.6 Å². The van der Waals surface area contributed by atoms with E-state index in [1.165, 1.54) is 14.2 Å². The molecule has 2 atom stereocenters. The van der Waals surface area contributed by atoms with Crippen LogP contribution in [0.2, 0.25) is 0 Å². The van der Waals surface area contributed by atoms with Gasteiger partial charge in [0.2, 0.25) is 11.7 Å². The van der Waals surface area contributed by atoms with E-state index in [0.29, 0.717) is 37.9 Å². The van der Waals surface area contributed by atoms with Crippen molar-refractivity contribution in [1.82, 2.24) is 24.8 Å². The molecule has 0 unspecified atom stereocenters. The molecular formula is C23H38N6O5. The number of piperazine rings is 1. The van der Waals surface area contributed by atoms with Crippen molar-refractivity contribution in [2.24, 2.45) is 0 Å². The fourth-order valence-corrected chi connectivity index (χ4v) is 4.20. The minimum atomic E-state index is -0.542. The molecule has 2 aliphatic rings. The van der Waals surface area contributed by atoms with Gasteiger partial charge in [0.05, 0.1) is 7.11 Å². The van der Waals surface area contributed by atoms with E-state index in [2.05, 4.69) is 21.9 Å². The van der Waals surface area contributed by atoms with Crippen LogP contribution in [-0.2, 0) is 9.57 Å². The molecule has 3 heterocycles. The number of nitrogens with zero attached hydrogens (tertiary/aromatic N) is 6. The first-order chi connectivity index (χ1) is 16.0. The van der Waals surface area contributed by atoms with E-state index in [4.69, 9.17) is 14.3 Å². The first-order valence-electron chi connectivity index (χ1n) is 11.8. The third-order valence-corrected chi connectivity index (χ3v) is 6.12. The molecule has 34 heavy (non-hydrogen) atoms. The lowest BCUT2D eigenvalue weighted by Crippen LogP contribution is -2.50. The van der Waals surface area contributed by atoms with E-state index < -0.39 is 11.5 Å². The zero-order chi connectivity index (χ0) is 25.0. The van der Waals surface area contributed by atoms with Crippen molar-refractivity contribution in [3.05, 3.63) is 11.9 Å². The van der Waals surface area contributed by atoms with Crippen molar-refractivity contribution in [3.8, 4) is 5.88 Å². The molecule has 0 saturated carbocycles. The van der Waals surface area contributed by atoms with Crippen LogP contribution in [0, 0.1) is 0 Å². The van der Waals surface area contributed by atoms with Crippen LogP contribution in [-0.4, -0.2) is 109 Å². The largest absolute Gasteiger partial charge is 0.473 e. The summed E-state index contributed by atoms with van der Waals surface area (Å²) in [4.78, 5) is 45.1. The van der Waals surface area contributed by atoms with Gasteiger partial charge in [-0.05, 0) is 54.1 Å². The number of carbonyl (C=O) groups excluding carboxylic acids is 2. The lowest BCUT2D eigenvalue weighted by Gasteiger charge is -2.36.